The summed E-state index contributed by atoms with van der Waals surface area (Å²) in [4.78, 5) is 23.1. The van der Waals surface area contributed by atoms with E-state index >= 15 is 0 Å². The monoisotopic (exact) mass is 295 g/mol. The Kier molecular flexibility index (Phi) is 3.02. The number of aryl methyl sites for hydroxylation is 1. The number of halogens is 1. The van der Waals surface area contributed by atoms with Crippen molar-refractivity contribution in [2.24, 2.45) is 7.05 Å². The largest absolute Gasteiger partial charge is 0.463 e. The Hall–Kier alpha value is -1.62. The van der Waals surface area contributed by atoms with Crippen LogP contribution in [0.4, 0.5) is 0 Å². The van der Waals surface area contributed by atoms with Gasteiger partial charge in [-0.1, -0.05) is 15.9 Å². The van der Waals surface area contributed by atoms with Gasteiger partial charge in [0.1, 0.15) is 0 Å². The number of ether oxygens (including phenoxy) is 1. The molecular weight excluding hydrogens is 286 g/mol. The summed E-state index contributed by atoms with van der Waals surface area (Å²) in [6.45, 7) is 0. The predicted octanol–water partition coefficient (Wildman–Crippen LogP) is 2.30. The third-order valence-corrected chi connectivity index (χ3v) is 3.06. The number of ketones is 1. The number of aromatic nitrogens is 1. The molecule has 0 bridgehead atoms. The summed E-state index contributed by atoms with van der Waals surface area (Å²) >= 11 is 3.34. The highest BCUT2D eigenvalue weighted by atomic mass is 79.9. The highest BCUT2D eigenvalue weighted by Crippen LogP contribution is 2.25. The first-order valence-corrected chi connectivity index (χ1v) is 5.71. The van der Waals surface area contributed by atoms with Gasteiger partial charge in [-0.15, -0.1) is 0 Å². The fraction of sp³-hybridized carbons (Fsp3) is 0.167. The molecule has 1 aromatic heterocycles. The molecule has 0 saturated heterocycles. The number of methoxy groups -OCH3 is 1. The number of rotatable bonds is 2. The van der Waals surface area contributed by atoms with Gasteiger partial charge >= 0.3 is 5.97 Å². The van der Waals surface area contributed by atoms with Crippen LogP contribution in [0.5, 0.6) is 0 Å². The predicted molar refractivity (Wildman–Crippen MR) is 67.0 cm³/mol. The van der Waals surface area contributed by atoms with Crippen LogP contribution in [0.3, 0.4) is 0 Å². The van der Waals surface area contributed by atoms with Crippen LogP contribution in [0.15, 0.2) is 28.9 Å². The second kappa shape index (κ2) is 4.33. The molecule has 0 fully saturated rings. The van der Waals surface area contributed by atoms with Gasteiger partial charge in [0.15, 0.2) is 0 Å². The third kappa shape index (κ3) is 1.98. The molecule has 0 aliphatic heterocycles. The second-order valence-electron chi connectivity index (χ2n) is 3.64. The minimum absolute atomic E-state index is 0.357. The van der Waals surface area contributed by atoms with Gasteiger partial charge in [-0.25, -0.2) is 4.79 Å². The van der Waals surface area contributed by atoms with Crippen LogP contribution in [0.25, 0.3) is 10.9 Å². The second-order valence-corrected chi connectivity index (χ2v) is 4.55. The minimum Gasteiger partial charge on any atom is -0.463 e. The van der Waals surface area contributed by atoms with E-state index in [1.54, 1.807) is 10.8 Å². The van der Waals surface area contributed by atoms with Gasteiger partial charge in [0, 0.05) is 28.6 Å². The van der Waals surface area contributed by atoms with Crippen molar-refractivity contribution in [3.8, 4) is 0 Å². The minimum atomic E-state index is -0.850. The molecule has 5 heteroatoms. The number of carbonyl (C=O) groups is 2. The first-order chi connectivity index (χ1) is 8.04. The Morgan fingerprint density at radius 2 is 2.06 bits per heavy atom. The number of fused-ring (bicyclic) bond motifs is 1. The van der Waals surface area contributed by atoms with Crippen LogP contribution < -0.4 is 0 Å². The molecule has 0 unspecified atom stereocenters. The van der Waals surface area contributed by atoms with Crippen LogP contribution >= 0.6 is 15.9 Å². The van der Waals surface area contributed by atoms with Gasteiger partial charge in [0.05, 0.1) is 12.7 Å². The highest BCUT2D eigenvalue weighted by Gasteiger charge is 2.21. The summed E-state index contributed by atoms with van der Waals surface area (Å²) < 4.78 is 7.11. The maximum atomic E-state index is 11.8. The average molecular weight is 296 g/mol. The number of benzene rings is 1. The number of hydrogen-bond donors (Lipinski definition) is 0. The van der Waals surface area contributed by atoms with Crippen LogP contribution in [0.1, 0.15) is 10.4 Å². The van der Waals surface area contributed by atoms with Crippen LogP contribution in [0, 0.1) is 0 Å². The Morgan fingerprint density at radius 1 is 1.35 bits per heavy atom. The molecule has 1 aromatic carbocycles. The molecule has 0 saturated carbocycles. The van der Waals surface area contributed by atoms with E-state index in [1.807, 2.05) is 25.2 Å². The number of carbonyl (C=O) groups excluding carboxylic acids is 2. The SMILES string of the molecule is COC(=O)C(=O)c1cn(C)c2ccc(Br)cc12. The Labute approximate surface area is 106 Å². The van der Waals surface area contributed by atoms with Gasteiger partial charge in [-0.3, -0.25) is 4.79 Å². The molecule has 0 radical (unpaired) electrons. The van der Waals surface area contributed by atoms with Crippen molar-refractivity contribution in [3.05, 3.63) is 34.4 Å². The Balaban J connectivity index is 2.66. The van der Waals surface area contributed by atoms with E-state index in [0.717, 1.165) is 15.4 Å². The lowest BCUT2D eigenvalue weighted by atomic mass is 10.1. The number of Topliss-reactive ketones (excluding diaryl/α,β-unsaturated/α-hetero) is 1. The molecule has 4 nitrogen and oxygen atoms in total. The van der Waals surface area contributed by atoms with Crippen molar-refractivity contribution in [1.29, 1.82) is 0 Å². The average Bonchev–Trinajstić information content (AvgIpc) is 2.64. The molecule has 0 aliphatic rings. The highest BCUT2D eigenvalue weighted by molar-refractivity contribution is 9.10. The first kappa shape index (κ1) is 11.9. The van der Waals surface area contributed by atoms with Gasteiger partial charge < -0.3 is 9.30 Å². The van der Waals surface area contributed by atoms with Crippen molar-refractivity contribution in [1.82, 2.24) is 4.57 Å². The summed E-state index contributed by atoms with van der Waals surface area (Å²) in [6.07, 6.45) is 1.64. The molecule has 17 heavy (non-hydrogen) atoms. The first-order valence-electron chi connectivity index (χ1n) is 4.92. The normalized spacial score (nSPS) is 10.5. The van der Waals surface area contributed by atoms with E-state index < -0.39 is 11.8 Å². The van der Waals surface area contributed by atoms with E-state index in [1.165, 1.54) is 7.11 Å². The van der Waals surface area contributed by atoms with Crippen molar-refractivity contribution in [2.45, 2.75) is 0 Å². The molecule has 0 atom stereocenters. The van der Waals surface area contributed by atoms with Gasteiger partial charge in [-0.05, 0) is 18.2 Å². The molecule has 88 valence electrons. The molecule has 1 heterocycles. The maximum Gasteiger partial charge on any atom is 0.379 e. The third-order valence-electron chi connectivity index (χ3n) is 2.57. The molecule has 0 aliphatic carbocycles. The van der Waals surface area contributed by atoms with E-state index in [2.05, 4.69) is 20.7 Å². The standard InChI is InChI=1S/C12H10BrNO3/c1-14-6-9(11(15)12(16)17-2)8-5-7(13)3-4-10(8)14/h3-6H,1-2H3. The van der Waals surface area contributed by atoms with E-state index in [4.69, 9.17) is 0 Å². The summed E-state index contributed by atoms with van der Waals surface area (Å²) in [7, 11) is 3.02. The van der Waals surface area contributed by atoms with Crippen LogP contribution in [0.2, 0.25) is 0 Å². The van der Waals surface area contributed by atoms with E-state index in [0.29, 0.717) is 5.56 Å². The summed E-state index contributed by atoms with van der Waals surface area (Å²) in [5.74, 6) is -1.48. The quantitative estimate of drug-likeness (QED) is 0.485. The fourth-order valence-corrected chi connectivity index (χ4v) is 2.11. The summed E-state index contributed by atoms with van der Waals surface area (Å²) in [5, 5.41) is 0.734. The number of nitrogens with zero attached hydrogens (tertiary/aromatic N) is 1. The fourth-order valence-electron chi connectivity index (χ4n) is 1.75. The van der Waals surface area contributed by atoms with Gasteiger partial charge in [0.25, 0.3) is 5.78 Å². The molecule has 0 amide bonds. The van der Waals surface area contributed by atoms with E-state index in [9.17, 15) is 9.59 Å². The summed E-state index contributed by atoms with van der Waals surface area (Å²) in [6, 6.07) is 5.58. The number of hydrogen-bond acceptors (Lipinski definition) is 3. The maximum absolute atomic E-state index is 11.8. The van der Waals surface area contributed by atoms with Crippen molar-refractivity contribution in [2.75, 3.05) is 7.11 Å². The lowest BCUT2D eigenvalue weighted by Crippen LogP contribution is -2.15. The van der Waals surface area contributed by atoms with Gasteiger partial charge in [-0.2, -0.15) is 0 Å². The zero-order valence-electron chi connectivity index (χ0n) is 9.36. The smallest absolute Gasteiger partial charge is 0.379 e. The molecule has 2 aromatic rings. The molecule has 0 spiro atoms. The van der Waals surface area contributed by atoms with Crippen LogP contribution in [-0.4, -0.2) is 23.4 Å². The van der Waals surface area contributed by atoms with Crippen molar-refractivity contribution in [3.63, 3.8) is 0 Å². The van der Waals surface area contributed by atoms with Crippen molar-refractivity contribution < 1.29 is 14.3 Å². The van der Waals surface area contributed by atoms with E-state index in [-0.39, 0.29) is 0 Å². The Morgan fingerprint density at radius 3 is 2.71 bits per heavy atom. The topological polar surface area (TPSA) is 48.3 Å². The van der Waals surface area contributed by atoms with Crippen molar-refractivity contribution >= 4 is 38.6 Å². The zero-order valence-corrected chi connectivity index (χ0v) is 10.9. The molecule has 0 N–H and O–H groups in total. The van der Waals surface area contributed by atoms with Gasteiger partial charge in [0.2, 0.25) is 0 Å². The zero-order chi connectivity index (χ0) is 12.6. The lowest BCUT2D eigenvalue weighted by Gasteiger charge is -1.97. The van der Waals surface area contributed by atoms with Crippen LogP contribution in [-0.2, 0) is 16.6 Å². The molecule has 2 rings (SSSR count). The Bertz CT molecular complexity index is 615. The number of esters is 1. The lowest BCUT2D eigenvalue weighted by molar-refractivity contribution is -0.135. The summed E-state index contributed by atoms with van der Waals surface area (Å²) in [5.41, 5.74) is 1.25. The molecular formula is C12H10BrNO3.